The minimum absolute atomic E-state index is 0.0290. The van der Waals surface area contributed by atoms with E-state index in [0.29, 0.717) is 6.54 Å². The maximum absolute atomic E-state index is 13.4. The lowest BCUT2D eigenvalue weighted by molar-refractivity contribution is 0.156. The molecular weight excluding hydrogens is 287 g/mol. The zero-order chi connectivity index (χ0) is 16.1. The number of halogens is 1. The number of carbonyl (C=O) groups excluding carboxylic acids is 1. The molecule has 0 spiro atoms. The molecule has 1 saturated heterocycles. The summed E-state index contributed by atoms with van der Waals surface area (Å²) in [4.78, 5) is 13.5. The molecule has 0 aromatic heterocycles. The number of benzene rings is 1. The number of nitrogens with zero attached hydrogens (tertiary/aromatic N) is 1. The lowest BCUT2D eigenvalue weighted by Gasteiger charge is -2.23. The summed E-state index contributed by atoms with van der Waals surface area (Å²) in [5, 5.41) is 12.0. The van der Waals surface area contributed by atoms with Gasteiger partial charge >= 0.3 is 6.03 Å². The summed E-state index contributed by atoms with van der Waals surface area (Å²) >= 11 is 0. The highest BCUT2D eigenvalue weighted by Crippen LogP contribution is 2.21. The van der Waals surface area contributed by atoms with Crippen LogP contribution in [-0.2, 0) is 6.54 Å². The van der Waals surface area contributed by atoms with Crippen LogP contribution in [0.15, 0.2) is 24.3 Å². The number of aliphatic hydroxyl groups excluding tert-OH is 1. The number of carbonyl (C=O) groups is 1. The third-order valence-corrected chi connectivity index (χ3v) is 3.60. The van der Waals surface area contributed by atoms with Crippen LogP contribution in [0.3, 0.4) is 0 Å². The zero-order valence-corrected chi connectivity index (χ0v) is 13.0. The summed E-state index contributed by atoms with van der Waals surface area (Å²) in [6.45, 7) is 3.98. The molecular formula is C16H23FN2O3. The largest absolute Gasteiger partial charge is 0.491 e. The first-order valence-electron chi connectivity index (χ1n) is 7.55. The summed E-state index contributed by atoms with van der Waals surface area (Å²) in [5.41, 5.74) is 0.862. The quantitative estimate of drug-likeness (QED) is 0.875. The Morgan fingerprint density at radius 2 is 2.23 bits per heavy atom. The van der Waals surface area contributed by atoms with Crippen molar-refractivity contribution in [2.75, 3.05) is 13.2 Å². The molecule has 2 unspecified atom stereocenters. The molecule has 0 aliphatic carbocycles. The molecule has 6 heteroatoms. The lowest BCUT2D eigenvalue weighted by Crippen LogP contribution is -2.44. The number of ether oxygens (including phenoxy) is 1. The fourth-order valence-electron chi connectivity index (χ4n) is 2.57. The second-order valence-electron chi connectivity index (χ2n) is 5.75. The number of hydrogen-bond donors (Lipinski definition) is 2. The molecule has 0 bridgehead atoms. The predicted octanol–water partition coefficient (Wildman–Crippen LogP) is 2.09. The van der Waals surface area contributed by atoms with Crippen molar-refractivity contribution >= 4 is 6.03 Å². The van der Waals surface area contributed by atoms with E-state index in [0.717, 1.165) is 11.3 Å². The Hall–Kier alpha value is -1.82. The van der Waals surface area contributed by atoms with Crippen LogP contribution in [-0.4, -0.2) is 47.5 Å². The van der Waals surface area contributed by atoms with E-state index < -0.39 is 12.2 Å². The van der Waals surface area contributed by atoms with Gasteiger partial charge in [0.2, 0.25) is 0 Å². The molecule has 1 fully saturated rings. The van der Waals surface area contributed by atoms with Gasteiger partial charge in [0, 0.05) is 18.5 Å². The number of alkyl halides is 1. The molecule has 1 aromatic rings. The maximum atomic E-state index is 13.4. The molecule has 1 heterocycles. The summed E-state index contributed by atoms with van der Waals surface area (Å²) in [6.07, 6.45) is -0.835. The van der Waals surface area contributed by atoms with Crippen molar-refractivity contribution < 1.29 is 19.0 Å². The Labute approximate surface area is 130 Å². The van der Waals surface area contributed by atoms with Crippen molar-refractivity contribution in [1.82, 2.24) is 10.2 Å². The third-order valence-electron chi connectivity index (χ3n) is 3.60. The van der Waals surface area contributed by atoms with Gasteiger partial charge in [-0.3, -0.25) is 0 Å². The normalized spacial score (nSPS) is 21.2. The molecule has 0 saturated carbocycles. The Bertz CT molecular complexity index is 510. The molecule has 2 amide bonds. The van der Waals surface area contributed by atoms with E-state index in [1.807, 2.05) is 38.1 Å². The molecule has 1 aliphatic rings. The Morgan fingerprint density at radius 3 is 2.91 bits per heavy atom. The Kier molecular flexibility index (Phi) is 5.60. The number of para-hydroxylation sites is 1. The zero-order valence-electron chi connectivity index (χ0n) is 13.0. The van der Waals surface area contributed by atoms with Gasteiger partial charge in [-0.15, -0.1) is 0 Å². The van der Waals surface area contributed by atoms with Gasteiger partial charge in [-0.2, -0.15) is 0 Å². The van der Waals surface area contributed by atoms with Crippen molar-refractivity contribution in [2.45, 2.75) is 45.1 Å². The van der Waals surface area contributed by atoms with E-state index in [1.165, 1.54) is 4.90 Å². The van der Waals surface area contributed by atoms with Crippen LogP contribution in [0, 0.1) is 0 Å². The smallest absolute Gasteiger partial charge is 0.318 e. The van der Waals surface area contributed by atoms with Gasteiger partial charge in [0.25, 0.3) is 0 Å². The van der Waals surface area contributed by atoms with Gasteiger partial charge in [0.1, 0.15) is 11.9 Å². The Balaban J connectivity index is 1.96. The van der Waals surface area contributed by atoms with Gasteiger partial charge < -0.3 is 20.1 Å². The van der Waals surface area contributed by atoms with E-state index in [9.17, 15) is 14.3 Å². The van der Waals surface area contributed by atoms with Crippen molar-refractivity contribution in [3.63, 3.8) is 0 Å². The average Bonchev–Trinajstić information content (AvgIpc) is 2.86. The predicted molar refractivity (Wildman–Crippen MR) is 81.5 cm³/mol. The fraction of sp³-hybridized carbons (Fsp3) is 0.562. The second kappa shape index (κ2) is 7.45. The third kappa shape index (κ3) is 4.10. The standard InChI is InChI=1S/C16H23FN2O3/c1-11(2)22-15-6-4-3-5-12(15)8-18-16(21)19-9-13(17)7-14(19)10-20/h3-6,11,13-14,20H,7-10H2,1-2H3,(H,18,21). The molecule has 2 atom stereocenters. The molecule has 2 rings (SSSR count). The van der Waals surface area contributed by atoms with Crippen molar-refractivity contribution in [3.8, 4) is 5.75 Å². The summed E-state index contributed by atoms with van der Waals surface area (Å²) in [5.74, 6) is 0.723. The van der Waals surface area contributed by atoms with Crippen molar-refractivity contribution in [2.24, 2.45) is 0 Å². The molecule has 1 aromatic carbocycles. The van der Waals surface area contributed by atoms with Crippen LogP contribution in [0.2, 0.25) is 0 Å². The monoisotopic (exact) mass is 310 g/mol. The van der Waals surface area contributed by atoms with Crippen molar-refractivity contribution in [3.05, 3.63) is 29.8 Å². The number of nitrogens with one attached hydrogen (secondary N) is 1. The van der Waals surface area contributed by atoms with Crippen LogP contribution >= 0.6 is 0 Å². The molecule has 2 N–H and O–H groups in total. The summed E-state index contributed by atoms with van der Waals surface area (Å²) in [6, 6.07) is 6.67. The van der Waals surface area contributed by atoms with E-state index in [-0.39, 0.29) is 31.7 Å². The van der Waals surface area contributed by atoms with Gasteiger partial charge in [-0.1, -0.05) is 18.2 Å². The van der Waals surface area contributed by atoms with E-state index in [4.69, 9.17) is 4.74 Å². The van der Waals surface area contributed by atoms with Crippen molar-refractivity contribution in [1.29, 1.82) is 0 Å². The highest BCUT2D eigenvalue weighted by atomic mass is 19.1. The summed E-state index contributed by atoms with van der Waals surface area (Å²) < 4.78 is 19.1. The van der Waals surface area contributed by atoms with Gasteiger partial charge in [0.15, 0.2) is 0 Å². The van der Waals surface area contributed by atoms with E-state index >= 15 is 0 Å². The number of likely N-dealkylation sites (tertiary alicyclic amines) is 1. The lowest BCUT2D eigenvalue weighted by atomic mass is 10.2. The first kappa shape index (κ1) is 16.5. The minimum Gasteiger partial charge on any atom is -0.491 e. The fourth-order valence-corrected chi connectivity index (χ4v) is 2.57. The topological polar surface area (TPSA) is 61.8 Å². The molecule has 5 nitrogen and oxygen atoms in total. The average molecular weight is 310 g/mol. The van der Waals surface area contributed by atoms with Crippen LogP contribution in [0.1, 0.15) is 25.8 Å². The molecule has 0 radical (unpaired) electrons. The first-order chi connectivity index (χ1) is 10.5. The van der Waals surface area contributed by atoms with Crippen LogP contribution < -0.4 is 10.1 Å². The highest BCUT2D eigenvalue weighted by Gasteiger charge is 2.34. The van der Waals surface area contributed by atoms with Gasteiger partial charge in [0.05, 0.1) is 25.3 Å². The van der Waals surface area contributed by atoms with Crippen LogP contribution in [0.5, 0.6) is 5.75 Å². The molecule has 1 aliphatic heterocycles. The SMILES string of the molecule is CC(C)Oc1ccccc1CNC(=O)N1CC(F)CC1CO. The minimum atomic E-state index is -1.07. The van der Waals surface area contributed by atoms with Gasteiger partial charge in [-0.25, -0.2) is 9.18 Å². The van der Waals surface area contributed by atoms with Crippen LogP contribution in [0.25, 0.3) is 0 Å². The van der Waals surface area contributed by atoms with Gasteiger partial charge in [-0.05, 0) is 19.9 Å². The van der Waals surface area contributed by atoms with E-state index in [1.54, 1.807) is 0 Å². The maximum Gasteiger partial charge on any atom is 0.318 e. The number of rotatable bonds is 5. The highest BCUT2D eigenvalue weighted by molar-refractivity contribution is 5.75. The summed E-state index contributed by atoms with van der Waals surface area (Å²) in [7, 11) is 0. The first-order valence-corrected chi connectivity index (χ1v) is 7.55. The molecule has 122 valence electrons. The Morgan fingerprint density at radius 1 is 1.50 bits per heavy atom. The molecule has 22 heavy (non-hydrogen) atoms. The number of urea groups is 1. The second-order valence-corrected chi connectivity index (χ2v) is 5.75. The van der Waals surface area contributed by atoms with Crippen LogP contribution in [0.4, 0.5) is 9.18 Å². The number of amides is 2. The number of hydrogen-bond acceptors (Lipinski definition) is 3. The van der Waals surface area contributed by atoms with E-state index in [2.05, 4.69) is 5.32 Å². The number of aliphatic hydroxyl groups is 1.